The molecular weight excluding hydrogens is 340 g/mol. The van der Waals surface area contributed by atoms with E-state index < -0.39 is 6.04 Å². The molecule has 0 heterocycles. The zero-order valence-electron chi connectivity index (χ0n) is 14.2. The molecule has 0 aliphatic heterocycles. The predicted octanol–water partition coefficient (Wildman–Crippen LogP) is 2.16. The van der Waals surface area contributed by atoms with Gasteiger partial charge in [0.1, 0.15) is 18.4 Å². The van der Waals surface area contributed by atoms with Gasteiger partial charge < -0.3 is 20.5 Å². The summed E-state index contributed by atoms with van der Waals surface area (Å²) in [5.41, 5.74) is 2.14. The molecule has 1 atom stereocenters. The summed E-state index contributed by atoms with van der Waals surface area (Å²) in [6.07, 6.45) is 0.752. The van der Waals surface area contributed by atoms with Crippen LogP contribution < -0.4 is 15.4 Å². The molecule has 0 spiro atoms. The van der Waals surface area contributed by atoms with Crippen LogP contribution in [0.4, 0.5) is 0 Å². The molecule has 2 aromatic carbocycles. The van der Waals surface area contributed by atoms with Gasteiger partial charge in [-0.05, 0) is 48.4 Å². The largest absolute Gasteiger partial charge is 0.489 e. The van der Waals surface area contributed by atoms with Crippen LogP contribution in [0, 0.1) is 0 Å². The molecule has 0 saturated carbocycles. The van der Waals surface area contributed by atoms with E-state index in [0.29, 0.717) is 18.2 Å². The molecule has 0 aliphatic rings. The molecule has 134 valence electrons. The lowest BCUT2D eigenvalue weighted by Crippen LogP contribution is -2.46. The molecule has 0 bridgehead atoms. The van der Waals surface area contributed by atoms with E-state index in [4.69, 9.17) is 16.3 Å². The number of hydrogen-bond acceptors (Lipinski definition) is 4. The second kappa shape index (κ2) is 10.0. The molecule has 0 saturated heterocycles. The first-order valence-corrected chi connectivity index (χ1v) is 8.52. The van der Waals surface area contributed by atoms with Crippen molar-refractivity contribution in [1.82, 2.24) is 10.6 Å². The molecule has 5 nitrogen and oxygen atoms in total. The van der Waals surface area contributed by atoms with Gasteiger partial charge in [0.05, 0.1) is 6.61 Å². The van der Waals surface area contributed by atoms with E-state index in [1.54, 1.807) is 7.05 Å². The zero-order chi connectivity index (χ0) is 18.1. The van der Waals surface area contributed by atoms with Crippen LogP contribution in [0.25, 0.3) is 0 Å². The van der Waals surface area contributed by atoms with Crippen molar-refractivity contribution in [3.05, 3.63) is 64.7 Å². The van der Waals surface area contributed by atoms with Crippen LogP contribution in [0.2, 0.25) is 5.02 Å². The summed E-state index contributed by atoms with van der Waals surface area (Å²) in [5, 5.41) is 15.4. The highest BCUT2D eigenvalue weighted by atomic mass is 35.5. The van der Waals surface area contributed by atoms with Crippen LogP contribution in [-0.2, 0) is 17.8 Å². The Balaban J connectivity index is 1.78. The van der Waals surface area contributed by atoms with Crippen LogP contribution >= 0.6 is 11.6 Å². The van der Waals surface area contributed by atoms with Gasteiger partial charge in [-0.2, -0.15) is 0 Å². The van der Waals surface area contributed by atoms with E-state index in [9.17, 15) is 9.90 Å². The van der Waals surface area contributed by atoms with E-state index in [1.165, 1.54) is 0 Å². The van der Waals surface area contributed by atoms with E-state index in [2.05, 4.69) is 10.6 Å². The Bertz CT molecular complexity index is 677. The number of likely N-dealkylation sites (N-methyl/N-ethyl adjacent to an activating group) is 1. The number of rotatable bonds is 9. The topological polar surface area (TPSA) is 70.6 Å². The Morgan fingerprint density at radius 1 is 1.20 bits per heavy atom. The van der Waals surface area contributed by atoms with Crippen molar-refractivity contribution in [1.29, 1.82) is 0 Å². The van der Waals surface area contributed by atoms with Crippen molar-refractivity contribution in [3.63, 3.8) is 0 Å². The number of amides is 1. The lowest BCUT2D eigenvalue weighted by Gasteiger charge is -2.14. The number of aliphatic hydroxyl groups is 1. The lowest BCUT2D eigenvalue weighted by atomic mass is 10.1. The van der Waals surface area contributed by atoms with Gasteiger partial charge in [0.2, 0.25) is 5.91 Å². The number of benzene rings is 2. The molecule has 0 aromatic heterocycles. The van der Waals surface area contributed by atoms with E-state index in [1.807, 2.05) is 48.5 Å². The Morgan fingerprint density at radius 3 is 2.60 bits per heavy atom. The van der Waals surface area contributed by atoms with Crippen molar-refractivity contribution in [2.24, 2.45) is 0 Å². The molecule has 2 aromatic rings. The fourth-order valence-corrected chi connectivity index (χ4v) is 2.56. The molecule has 1 amide bonds. The van der Waals surface area contributed by atoms with Gasteiger partial charge in [0, 0.05) is 12.1 Å². The van der Waals surface area contributed by atoms with Crippen molar-refractivity contribution in [2.75, 3.05) is 20.2 Å². The van der Waals surface area contributed by atoms with Gasteiger partial charge in [0.25, 0.3) is 0 Å². The van der Waals surface area contributed by atoms with Crippen LogP contribution in [0.5, 0.6) is 5.75 Å². The molecule has 0 aliphatic carbocycles. The lowest BCUT2D eigenvalue weighted by molar-refractivity contribution is -0.123. The third-order valence-electron chi connectivity index (χ3n) is 3.77. The molecule has 25 heavy (non-hydrogen) atoms. The highest BCUT2D eigenvalue weighted by Gasteiger charge is 2.14. The third-order valence-corrected chi connectivity index (χ3v) is 4.00. The van der Waals surface area contributed by atoms with Crippen LogP contribution in [0.15, 0.2) is 48.5 Å². The second-order valence-corrected chi connectivity index (χ2v) is 6.05. The summed E-state index contributed by atoms with van der Waals surface area (Å²) in [6.45, 7) is 0.836. The van der Waals surface area contributed by atoms with Gasteiger partial charge in [-0.3, -0.25) is 4.79 Å². The van der Waals surface area contributed by atoms with Crippen molar-refractivity contribution >= 4 is 17.5 Å². The highest BCUT2D eigenvalue weighted by Crippen LogP contribution is 2.16. The zero-order valence-corrected chi connectivity index (χ0v) is 14.9. The quantitative estimate of drug-likeness (QED) is 0.639. The average molecular weight is 363 g/mol. The minimum atomic E-state index is -0.578. The third kappa shape index (κ3) is 6.38. The van der Waals surface area contributed by atoms with Gasteiger partial charge in [0.15, 0.2) is 0 Å². The molecule has 0 fully saturated rings. The van der Waals surface area contributed by atoms with E-state index in [-0.39, 0.29) is 12.5 Å². The number of ether oxygens (including phenoxy) is 1. The van der Waals surface area contributed by atoms with Gasteiger partial charge >= 0.3 is 0 Å². The van der Waals surface area contributed by atoms with Crippen molar-refractivity contribution in [3.8, 4) is 5.75 Å². The molecular formula is C19H23ClN2O3. The fraction of sp³-hybridized carbons (Fsp3) is 0.316. The predicted molar refractivity (Wildman–Crippen MR) is 98.9 cm³/mol. The Morgan fingerprint density at radius 2 is 1.96 bits per heavy atom. The maximum Gasteiger partial charge on any atom is 0.239 e. The first kappa shape index (κ1) is 19.2. The summed E-state index contributed by atoms with van der Waals surface area (Å²) >= 11 is 5.96. The summed E-state index contributed by atoms with van der Waals surface area (Å²) < 4.78 is 5.75. The maximum atomic E-state index is 11.5. The Labute approximate surface area is 153 Å². The average Bonchev–Trinajstić information content (AvgIpc) is 2.64. The molecule has 3 N–H and O–H groups in total. The molecule has 0 unspecified atom stereocenters. The summed E-state index contributed by atoms with van der Waals surface area (Å²) in [5.74, 6) is 0.572. The van der Waals surface area contributed by atoms with E-state index >= 15 is 0 Å². The Kier molecular flexibility index (Phi) is 7.73. The van der Waals surface area contributed by atoms with Gasteiger partial charge in [-0.25, -0.2) is 0 Å². The normalized spacial score (nSPS) is 11.8. The van der Waals surface area contributed by atoms with Crippen molar-refractivity contribution < 1.29 is 14.6 Å². The van der Waals surface area contributed by atoms with Gasteiger partial charge in [-0.15, -0.1) is 0 Å². The maximum absolute atomic E-state index is 11.5. The SMILES string of the molecule is CNC(=O)[C@H](CO)NCCc1ccc(OCc2cccc(Cl)c2)cc1. The number of halogens is 1. The standard InChI is InChI=1S/C19H23ClN2O3/c1-21-19(24)18(12-23)22-10-9-14-5-7-17(8-6-14)25-13-15-3-2-4-16(20)11-15/h2-8,11,18,22-23H,9-10,12-13H2,1H3,(H,21,24)/t18-/m0/s1. The first-order valence-electron chi connectivity index (χ1n) is 8.14. The highest BCUT2D eigenvalue weighted by molar-refractivity contribution is 6.30. The van der Waals surface area contributed by atoms with Crippen LogP contribution in [-0.4, -0.2) is 37.3 Å². The first-order chi connectivity index (χ1) is 12.1. The number of carbonyl (C=O) groups is 1. The Hall–Kier alpha value is -2.08. The smallest absolute Gasteiger partial charge is 0.239 e. The molecule has 0 radical (unpaired) electrons. The van der Waals surface area contributed by atoms with E-state index in [0.717, 1.165) is 23.3 Å². The number of hydrogen-bond donors (Lipinski definition) is 3. The summed E-state index contributed by atoms with van der Waals surface area (Å²) in [6, 6.07) is 14.8. The monoisotopic (exact) mass is 362 g/mol. The van der Waals surface area contributed by atoms with Crippen LogP contribution in [0.1, 0.15) is 11.1 Å². The summed E-state index contributed by atoms with van der Waals surface area (Å²) in [4.78, 5) is 11.5. The number of carbonyl (C=O) groups excluding carboxylic acids is 1. The van der Waals surface area contributed by atoms with Gasteiger partial charge in [-0.1, -0.05) is 35.9 Å². The minimum Gasteiger partial charge on any atom is -0.489 e. The van der Waals surface area contributed by atoms with Crippen molar-refractivity contribution in [2.45, 2.75) is 19.1 Å². The summed E-state index contributed by atoms with van der Waals surface area (Å²) in [7, 11) is 1.55. The number of nitrogens with one attached hydrogen (secondary N) is 2. The second-order valence-electron chi connectivity index (χ2n) is 5.62. The van der Waals surface area contributed by atoms with Crippen LogP contribution in [0.3, 0.4) is 0 Å². The molecule has 6 heteroatoms. The number of aliphatic hydroxyl groups excluding tert-OH is 1. The fourth-order valence-electron chi connectivity index (χ4n) is 2.35. The molecule has 2 rings (SSSR count). The minimum absolute atomic E-state index is 0.215.